The van der Waals surface area contributed by atoms with Crippen molar-refractivity contribution < 1.29 is 9.21 Å². The summed E-state index contributed by atoms with van der Waals surface area (Å²) in [6, 6.07) is 15.3. The fourth-order valence-corrected chi connectivity index (χ4v) is 3.43. The highest BCUT2D eigenvalue weighted by molar-refractivity contribution is 7.18. The number of aryl methyl sites for hydroxylation is 1. The molecule has 1 amide bonds. The Balaban J connectivity index is 1.63. The van der Waals surface area contributed by atoms with Gasteiger partial charge in [0.25, 0.3) is 5.91 Å². The van der Waals surface area contributed by atoms with E-state index in [0.29, 0.717) is 21.8 Å². The van der Waals surface area contributed by atoms with Crippen molar-refractivity contribution >= 4 is 22.4 Å². The van der Waals surface area contributed by atoms with E-state index in [4.69, 9.17) is 4.42 Å². The van der Waals surface area contributed by atoms with Crippen LogP contribution in [0, 0.1) is 18.3 Å². The number of nitrogens with zero attached hydrogens (tertiary/aromatic N) is 4. The summed E-state index contributed by atoms with van der Waals surface area (Å²) in [5.41, 5.74) is 1.29. The Morgan fingerprint density at radius 2 is 1.93 bits per heavy atom. The van der Waals surface area contributed by atoms with Crippen LogP contribution in [0.4, 0.5) is 5.13 Å². The Labute approximate surface area is 158 Å². The fraction of sp³-hybridized carbons (Fsp3) is 0.0526. The minimum atomic E-state index is -0.457. The maximum Gasteiger partial charge on any atom is 0.262 e. The molecule has 7 nitrogen and oxygen atoms in total. The molecule has 132 valence electrons. The average Bonchev–Trinajstić information content (AvgIpc) is 3.41. The number of hydrogen-bond acceptors (Lipinski definition) is 6. The van der Waals surface area contributed by atoms with Gasteiger partial charge >= 0.3 is 0 Å². The van der Waals surface area contributed by atoms with Gasteiger partial charge in [-0.05, 0) is 19.1 Å². The molecule has 1 N–H and O–H groups in total. The van der Waals surface area contributed by atoms with Gasteiger partial charge in [0.2, 0.25) is 11.0 Å². The highest BCUT2D eigenvalue weighted by atomic mass is 32.1. The van der Waals surface area contributed by atoms with E-state index < -0.39 is 5.91 Å². The van der Waals surface area contributed by atoms with Gasteiger partial charge in [0.15, 0.2) is 0 Å². The van der Waals surface area contributed by atoms with E-state index >= 15 is 0 Å². The molecule has 0 unspecified atom stereocenters. The molecule has 4 rings (SSSR count). The monoisotopic (exact) mass is 375 g/mol. The predicted molar refractivity (Wildman–Crippen MR) is 101 cm³/mol. The molecule has 0 aliphatic heterocycles. The Hall–Kier alpha value is -3.70. The zero-order valence-electron chi connectivity index (χ0n) is 14.2. The second kappa shape index (κ2) is 6.90. The number of nitriles is 1. The number of hydrogen-bond donors (Lipinski definition) is 1. The smallest absolute Gasteiger partial charge is 0.262 e. The second-order valence-electron chi connectivity index (χ2n) is 5.65. The van der Waals surface area contributed by atoms with Gasteiger partial charge in [-0.1, -0.05) is 41.7 Å². The predicted octanol–water partition coefficient (Wildman–Crippen LogP) is 4.02. The van der Waals surface area contributed by atoms with Gasteiger partial charge in [0, 0.05) is 18.0 Å². The normalized spacial score (nSPS) is 10.5. The highest BCUT2D eigenvalue weighted by Gasteiger charge is 2.25. The van der Waals surface area contributed by atoms with Gasteiger partial charge < -0.3 is 4.42 Å². The molecule has 1 aromatic carbocycles. The van der Waals surface area contributed by atoms with Crippen LogP contribution in [0.5, 0.6) is 0 Å². The zero-order chi connectivity index (χ0) is 18.8. The summed E-state index contributed by atoms with van der Waals surface area (Å²) in [5, 5.41) is 21.4. The van der Waals surface area contributed by atoms with Crippen molar-refractivity contribution in [1.29, 1.82) is 5.26 Å². The second-order valence-corrected chi connectivity index (χ2v) is 6.63. The quantitative estimate of drug-likeness (QED) is 0.581. The summed E-state index contributed by atoms with van der Waals surface area (Å²) >= 11 is 1.26. The van der Waals surface area contributed by atoms with Crippen molar-refractivity contribution in [3.63, 3.8) is 0 Å². The number of nitrogens with one attached hydrogen (secondary N) is 1. The first-order valence-electron chi connectivity index (χ1n) is 8.04. The lowest BCUT2D eigenvalue weighted by Crippen LogP contribution is -2.13. The number of anilines is 1. The maximum absolute atomic E-state index is 12.8. The third-order valence-corrected chi connectivity index (χ3v) is 4.80. The molecule has 0 saturated carbocycles. The number of amides is 1. The molecule has 0 atom stereocenters. The van der Waals surface area contributed by atoms with E-state index in [1.54, 1.807) is 23.9 Å². The van der Waals surface area contributed by atoms with Crippen LogP contribution in [0.15, 0.2) is 59.3 Å². The third kappa shape index (κ3) is 3.12. The van der Waals surface area contributed by atoms with Gasteiger partial charge in [0.05, 0.1) is 0 Å². The van der Waals surface area contributed by atoms with Gasteiger partial charge in [-0.25, -0.2) is 0 Å². The first kappa shape index (κ1) is 16.8. The Bertz CT molecular complexity index is 1140. The van der Waals surface area contributed by atoms with Crippen LogP contribution in [0.3, 0.4) is 0 Å². The SMILES string of the molecule is Cc1oc(-n2cccc2)c(C#N)c1C(=O)Nc1nnc(-c2ccccc2)s1. The lowest BCUT2D eigenvalue weighted by molar-refractivity contribution is 0.102. The minimum absolute atomic E-state index is 0.175. The summed E-state index contributed by atoms with van der Waals surface area (Å²) in [5.74, 6) is 0.218. The van der Waals surface area contributed by atoms with Gasteiger partial charge in [-0.2, -0.15) is 5.26 Å². The molecule has 0 saturated heterocycles. The summed E-state index contributed by atoms with van der Waals surface area (Å²) in [7, 11) is 0. The molecule has 4 aromatic rings. The number of benzene rings is 1. The number of carbonyl (C=O) groups excluding carboxylic acids is 1. The van der Waals surface area contributed by atoms with Crippen LogP contribution in [0.25, 0.3) is 16.5 Å². The Morgan fingerprint density at radius 3 is 2.63 bits per heavy atom. The molecule has 8 heteroatoms. The molecule has 0 aliphatic rings. The minimum Gasteiger partial charge on any atom is -0.443 e. The molecule has 0 radical (unpaired) electrons. The van der Waals surface area contributed by atoms with E-state index in [2.05, 4.69) is 21.6 Å². The van der Waals surface area contributed by atoms with E-state index in [0.717, 1.165) is 5.56 Å². The first-order valence-corrected chi connectivity index (χ1v) is 8.86. The summed E-state index contributed by atoms with van der Waals surface area (Å²) in [6.07, 6.45) is 3.50. The molecule has 0 bridgehead atoms. The fourth-order valence-electron chi connectivity index (χ4n) is 2.69. The van der Waals surface area contributed by atoms with Crippen molar-refractivity contribution in [2.24, 2.45) is 0 Å². The van der Waals surface area contributed by atoms with Gasteiger partial charge in [0.1, 0.15) is 28.0 Å². The topological polar surface area (TPSA) is 96.7 Å². The largest absolute Gasteiger partial charge is 0.443 e. The van der Waals surface area contributed by atoms with E-state index in [1.807, 2.05) is 42.5 Å². The molecule has 3 heterocycles. The molecule has 0 aliphatic carbocycles. The highest BCUT2D eigenvalue weighted by Crippen LogP contribution is 2.29. The van der Waals surface area contributed by atoms with Crippen LogP contribution >= 0.6 is 11.3 Å². The maximum atomic E-state index is 12.8. The number of rotatable bonds is 4. The van der Waals surface area contributed by atoms with E-state index in [1.165, 1.54) is 11.3 Å². The van der Waals surface area contributed by atoms with E-state index in [9.17, 15) is 10.1 Å². The van der Waals surface area contributed by atoms with Crippen molar-refractivity contribution in [3.8, 4) is 22.5 Å². The molecular weight excluding hydrogens is 362 g/mol. The summed E-state index contributed by atoms with van der Waals surface area (Å²) in [4.78, 5) is 12.8. The zero-order valence-corrected chi connectivity index (χ0v) is 15.0. The summed E-state index contributed by atoms with van der Waals surface area (Å²) in [6.45, 7) is 1.65. The number of carbonyl (C=O) groups is 1. The van der Waals surface area contributed by atoms with Crippen LogP contribution in [-0.2, 0) is 0 Å². The number of furan rings is 1. The standard InChI is InChI=1S/C19H13N5O2S/c1-12-15(14(11-20)18(26-12)24-9-5-6-10-24)16(25)21-19-23-22-17(27-19)13-7-3-2-4-8-13/h2-10H,1H3,(H,21,23,25). The van der Waals surface area contributed by atoms with Crippen molar-refractivity contribution in [3.05, 3.63) is 71.7 Å². The first-order chi connectivity index (χ1) is 13.2. The summed E-state index contributed by atoms with van der Waals surface area (Å²) < 4.78 is 7.31. The molecule has 0 spiro atoms. The van der Waals surface area contributed by atoms with Gasteiger partial charge in [-0.15, -0.1) is 10.2 Å². The van der Waals surface area contributed by atoms with Crippen LogP contribution in [0.1, 0.15) is 21.7 Å². The van der Waals surface area contributed by atoms with Crippen LogP contribution in [0.2, 0.25) is 0 Å². The lowest BCUT2D eigenvalue weighted by Gasteiger charge is -2.00. The molecule has 3 aromatic heterocycles. The van der Waals surface area contributed by atoms with Crippen molar-refractivity contribution in [2.75, 3.05) is 5.32 Å². The Morgan fingerprint density at radius 1 is 1.19 bits per heavy atom. The lowest BCUT2D eigenvalue weighted by atomic mass is 10.1. The Kier molecular flexibility index (Phi) is 4.28. The third-order valence-electron chi connectivity index (χ3n) is 3.91. The molecule has 0 fully saturated rings. The van der Waals surface area contributed by atoms with Crippen molar-refractivity contribution in [2.45, 2.75) is 6.92 Å². The van der Waals surface area contributed by atoms with Crippen molar-refractivity contribution in [1.82, 2.24) is 14.8 Å². The van der Waals surface area contributed by atoms with Crippen LogP contribution in [-0.4, -0.2) is 20.7 Å². The number of aromatic nitrogens is 3. The molecule has 27 heavy (non-hydrogen) atoms. The van der Waals surface area contributed by atoms with Crippen LogP contribution < -0.4 is 5.32 Å². The molecular formula is C19H13N5O2S. The van der Waals surface area contributed by atoms with Gasteiger partial charge in [-0.3, -0.25) is 14.7 Å². The average molecular weight is 375 g/mol. The van der Waals surface area contributed by atoms with E-state index in [-0.39, 0.29) is 11.1 Å².